The summed E-state index contributed by atoms with van der Waals surface area (Å²) in [6, 6.07) is 2.00. The molecule has 66 valence electrons. The van der Waals surface area contributed by atoms with Gasteiger partial charge in [-0.1, -0.05) is 37.8 Å². The summed E-state index contributed by atoms with van der Waals surface area (Å²) in [6.45, 7) is 2.16. The Kier molecular flexibility index (Phi) is 3.17. The van der Waals surface area contributed by atoms with Gasteiger partial charge in [0.05, 0.1) is 6.07 Å². The molecule has 0 heterocycles. The van der Waals surface area contributed by atoms with E-state index in [1.54, 1.807) is 0 Å². The molecule has 12 heavy (non-hydrogen) atoms. The Morgan fingerprint density at radius 3 is 2.50 bits per heavy atom. The van der Waals surface area contributed by atoms with Crippen LogP contribution in [0.3, 0.4) is 0 Å². The summed E-state index contributed by atoms with van der Waals surface area (Å²) in [5.74, 6) is 0. The summed E-state index contributed by atoms with van der Waals surface area (Å²) in [5, 5.41) is 9.21. The van der Waals surface area contributed by atoms with Gasteiger partial charge >= 0.3 is 0 Å². The van der Waals surface area contributed by atoms with Crippen molar-refractivity contribution in [3.8, 4) is 6.07 Å². The molecule has 0 bridgehead atoms. The molecule has 1 saturated carbocycles. The quantitative estimate of drug-likeness (QED) is 0.570. The molecule has 0 saturated heterocycles. The van der Waals surface area contributed by atoms with Gasteiger partial charge in [-0.2, -0.15) is 5.26 Å². The fraction of sp³-hybridized carbons (Fsp3) is 0.700. The highest BCUT2D eigenvalue weighted by Crippen LogP contribution is 2.43. The third-order valence-corrected chi connectivity index (χ3v) is 3.29. The van der Waals surface area contributed by atoms with Crippen molar-refractivity contribution in [3.63, 3.8) is 0 Å². The predicted octanol–water partition coefficient (Wildman–Crippen LogP) is 3.60. The minimum absolute atomic E-state index is 0.0928. The zero-order chi connectivity index (χ0) is 9.03. The van der Waals surface area contributed by atoms with Crippen molar-refractivity contribution >= 4 is 11.6 Å². The fourth-order valence-corrected chi connectivity index (χ4v) is 2.04. The maximum absolute atomic E-state index is 8.47. The molecule has 1 aliphatic rings. The van der Waals surface area contributed by atoms with Crippen LogP contribution in [-0.4, -0.2) is 0 Å². The number of rotatable bonds is 1. The first-order valence-electron chi connectivity index (χ1n) is 4.45. The highest BCUT2D eigenvalue weighted by Gasteiger charge is 2.29. The molecule has 0 radical (unpaired) electrons. The smallest absolute Gasteiger partial charge is 0.0924 e. The van der Waals surface area contributed by atoms with Crippen LogP contribution in [0, 0.1) is 16.7 Å². The predicted molar refractivity (Wildman–Crippen MR) is 50.7 cm³/mol. The summed E-state index contributed by atoms with van der Waals surface area (Å²) in [6.07, 6.45) is 7.53. The molecule has 0 unspecified atom stereocenters. The molecule has 2 heteroatoms. The van der Waals surface area contributed by atoms with Crippen molar-refractivity contribution in [1.29, 1.82) is 5.26 Å². The van der Waals surface area contributed by atoms with Gasteiger partial charge < -0.3 is 0 Å². The minimum atomic E-state index is 0.0928. The van der Waals surface area contributed by atoms with Crippen molar-refractivity contribution in [1.82, 2.24) is 0 Å². The van der Waals surface area contributed by atoms with E-state index in [0.717, 1.165) is 17.9 Å². The van der Waals surface area contributed by atoms with Gasteiger partial charge in [-0.25, -0.2) is 0 Å². The maximum Gasteiger partial charge on any atom is 0.0924 e. The number of halogens is 1. The van der Waals surface area contributed by atoms with Crippen LogP contribution in [0.15, 0.2) is 11.1 Å². The first-order valence-corrected chi connectivity index (χ1v) is 4.83. The van der Waals surface area contributed by atoms with Gasteiger partial charge in [0.1, 0.15) is 0 Å². The third kappa shape index (κ3) is 2.01. The lowest BCUT2D eigenvalue weighted by Gasteiger charge is -2.32. The van der Waals surface area contributed by atoms with Gasteiger partial charge in [-0.05, 0) is 12.8 Å². The van der Waals surface area contributed by atoms with Crippen molar-refractivity contribution in [3.05, 3.63) is 11.1 Å². The second-order valence-electron chi connectivity index (χ2n) is 3.74. The van der Waals surface area contributed by atoms with Gasteiger partial charge in [0, 0.05) is 16.5 Å². The molecule has 1 aliphatic carbocycles. The maximum atomic E-state index is 8.47. The van der Waals surface area contributed by atoms with Gasteiger partial charge in [-0.3, -0.25) is 0 Å². The number of hydrogen-bond acceptors (Lipinski definition) is 1. The van der Waals surface area contributed by atoms with E-state index in [1.807, 2.05) is 6.07 Å². The molecule has 0 aliphatic heterocycles. The van der Waals surface area contributed by atoms with E-state index >= 15 is 0 Å². The van der Waals surface area contributed by atoms with E-state index in [4.69, 9.17) is 16.9 Å². The van der Waals surface area contributed by atoms with Crippen LogP contribution in [0.25, 0.3) is 0 Å². The number of nitrogens with zero attached hydrogens (tertiary/aromatic N) is 1. The molecule has 0 atom stereocenters. The van der Waals surface area contributed by atoms with Crippen molar-refractivity contribution in [2.45, 2.75) is 39.0 Å². The Balaban J connectivity index is 2.70. The van der Waals surface area contributed by atoms with E-state index in [1.165, 1.54) is 25.3 Å². The zero-order valence-corrected chi connectivity index (χ0v) is 8.19. The zero-order valence-electron chi connectivity index (χ0n) is 7.44. The van der Waals surface area contributed by atoms with Crippen LogP contribution in [0.1, 0.15) is 39.0 Å². The number of allylic oxidation sites excluding steroid dienone is 2. The number of nitriles is 1. The summed E-state index contributed by atoms with van der Waals surface area (Å²) in [5.41, 5.74) is 0.0928. The van der Waals surface area contributed by atoms with Crippen LogP contribution >= 0.6 is 11.6 Å². The van der Waals surface area contributed by atoms with Crippen LogP contribution < -0.4 is 0 Å². The van der Waals surface area contributed by atoms with Crippen LogP contribution in [-0.2, 0) is 0 Å². The lowest BCUT2D eigenvalue weighted by Crippen LogP contribution is -2.20. The molecule has 0 amide bonds. The second-order valence-corrected chi connectivity index (χ2v) is 4.15. The highest BCUT2D eigenvalue weighted by atomic mass is 35.5. The molecular formula is C10H14ClN. The SMILES string of the molecule is CC1(C(Cl)=CC#N)CCCCC1. The summed E-state index contributed by atoms with van der Waals surface area (Å²) in [4.78, 5) is 0. The lowest BCUT2D eigenvalue weighted by atomic mass is 9.75. The molecule has 0 N–H and O–H groups in total. The average molecular weight is 184 g/mol. The fourth-order valence-electron chi connectivity index (χ4n) is 1.80. The molecule has 0 spiro atoms. The first-order chi connectivity index (χ1) is 5.69. The van der Waals surface area contributed by atoms with Crippen LogP contribution in [0.4, 0.5) is 0 Å². The molecule has 1 fully saturated rings. The third-order valence-electron chi connectivity index (χ3n) is 2.72. The van der Waals surface area contributed by atoms with E-state index in [9.17, 15) is 0 Å². The Morgan fingerprint density at radius 2 is 2.00 bits per heavy atom. The molecule has 0 aromatic heterocycles. The average Bonchev–Trinajstić information content (AvgIpc) is 2.06. The molecule has 1 rings (SSSR count). The minimum Gasteiger partial charge on any atom is -0.193 e. The highest BCUT2D eigenvalue weighted by molar-refractivity contribution is 6.30. The van der Waals surface area contributed by atoms with E-state index in [-0.39, 0.29) is 5.41 Å². The number of hydrogen-bond donors (Lipinski definition) is 0. The van der Waals surface area contributed by atoms with Crippen LogP contribution in [0.5, 0.6) is 0 Å². The molecule has 0 aromatic rings. The van der Waals surface area contributed by atoms with Crippen molar-refractivity contribution < 1.29 is 0 Å². The topological polar surface area (TPSA) is 23.8 Å². The lowest BCUT2D eigenvalue weighted by molar-refractivity contribution is 0.279. The van der Waals surface area contributed by atoms with Gasteiger partial charge in [0.25, 0.3) is 0 Å². The van der Waals surface area contributed by atoms with Gasteiger partial charge in [0.2, 0.25) is 0 Å². The van der Waals surface area contributed by atoms with Gasteiger partial charge in [-0.15, -0.1) is 0 Å². The van der Waals surface area contributed by atoms with Crippen LogP contribution in [0.2, 0.25) is 0 Å². The second kappa shape index (κ2) is 3.96. The summed E-state index contributed by atoms with van der Waals surface area (Å²) in [7, 11) is 0. The monoisotopic (exact) mass is 183 g/mol. The van der Waals surface area contributed by atoms with Crippen molar-refractivity contribution in [2.24, 2.45) is 5.41 Å². The normalized spacial score (nSPS) is 23.2. The van der Waals surface area contributed by atoms with Gasteiger partial charge in [0.15, 0.2) is 0 Å². The summed E-state index contributed by atoms with van der Waals surface area (Å²) >= 11 is 6.04. The Hall–Kier alpha value is -0.480. The Bertz CT molecular complexity index is 218. The van der Waals surface area contributed by atoms with Crippen molar-refractivity contribution in [2.75, 3.05) is 0 Å². The molecule has 0 aromatic carbocycles. The molecule has 1 nitrogen and oxygen atoms in total. The largest absolute Gasteiger partial charge is 0.193 e. The first kappa shape index (κ1) is 9.61. The standard InChI is InChI=1S/C10H14ClN/c1-10(9(11)5-8-12)6-3-2-4-7-10/h5H,2-4,6-7H2,1H3. The Labute approximate surface area is 79.0 Å². The molecular weight excluding hydrogens is 170 g/mol. The van der Waals surface area contributed by atoms with E-state index in [0.29, 0.717) is 0 Å². The van der Waals surface area contributed by atoms with E-state index < -0.39 is 0 Å². The van der Waals surface area contributed by atoms with E-state index in [2.05, 4.69) is 6.92 Å². The summed E-state index contributed by atoms with van der Waals surface area (Å²) < 4.78 is 0. The Morgan fingerprint density at radius 1 is 1.42 bits per heavy atom.